The van der Waals surface area contributed by atoms with Gasteiger partial charge in [0.2, 0.25) is 0 Å². The maximum atomic E-state index is 6.08. The Bertz CT molecular complexity index is 1130. The molecule has 0 fully saturated rings. The molecule has 29 heavy (non-hydrogen) atoms. The van der Waals surface area contributed by atoms with Gasteiger partial charge in [-0.15, -0.1) is 28.3 Å². The minimum Gasteiger partial charge on any atom is -0.316 e. The fraction of sp³-hybridized carbons (Fsp3) is 0.125. The average molecular weight is 486 g/mol. The Morgan fingerprint density at radius 1 is 0.931 bits per heavy atom. The first kappa shape index (κ1) is 21.6. The summed E-state index contributed by atoms with van der Waals surface area (Å²) in [5.74, 6) is 0. The van der Waals surface area contributed by atoms with Gasteiger partial charge in [0.05, 0.1) is 11.4 Å². The molecule has 148 valence electrons. The molecule has 4 rings (SSSR count). The molecule has 0 aliphatic carbocycles. The Morgan fingerprint density at radius 3 is 2.41 bits per heavy atom. The fourth-order valence-corrected chi connectivity index (χ4v) is 4.26. The summed E-state index contributed by atoms with van der Waals surface area (Å²) in [7, 11) is 0. The van der Waals surface area contributed by atoms with Crippen molar-refractivity contribution in [3.8, 4) is 11.3 Å². The van der Waals surface area contributed by atoms with Crippen LogP contribution in [0, 0.1) is 6.92 Å². The highest BCUT2D eigenvalue weighted by atomic mass is 79.9. The minimum absolute atomic E-state index is 0. The summed E-state index contributed by atoms with van der Waals surface area (Å²) in [5, 5.41) is 2.93. The van der Waals surface area contributed by atoms with Crippen LogP contribution in [0.15, 0.2) is 89.2 Å². The summed E-state index contributed by atoms with van der Waals surface area (Å²) in [6.07, 6.45) is 0.958. The first-order chi connectivity index (χ1) is 13.7. The lowest BCUT2D eigenvalue weighted by molar-refractivity contribution is 0.684. The van der Waals surface area contributed by atoms with Gasteiger partial charge in [0.1, 0.15) is 0 Å². The number of benzene rings is 3. The van der Waals surface area contributed by atoms with Crippen molar-refractivity contribution in [2.24, 2.45) is 4.99 Å². The SMILES string of the molecule is Br.Cc1cccc(N=c2scc(-c3ccc(Cl)cc3)n2CCc2ccccc2)c1. The van der Waals surface area contributed by atoms with Crippen LogP contribution in [0.2, 0.25) is 5.02 Å². The van der Waals surface area contributed by atoms with Gasteiger partial charge in [0.15, 0.2) is 4.80 Å². The maximum absolute atomic E-state index is 6.08. The average Bonchev–Trinajstić information content (AvgIpc) is 3.10. The van der Waals surface area contributed by atoms with Crippen LogP contribution < -0.4 is 4.80 Å². The van der Waals surface area contributed by atoms with E-state index < -0.39 is 0 Å². The molecule has 0 spiro atoms. The summed E-state index contributed by atoms with van der Waals surface area (Å²) >= 11 is 7.76. The lowest BCUT2D eigenvalue weighted by Crippen LogP contribution is -2.17. The van der Waals surface area contributed by atoms with Crippen LogP contribution in [0.4, 0.5) is 5.69 Å². The number of halogens is 2. The Kier molecular flexibility index (Phi) is 7.48. The van der Waals surface area contributed by atoms with Crippen LogP contribution in [-0.4, -0.2) is 4.57 Å². The number of hydrogen-bond acceptors (Lipinski definition) is 2. The molecular formula is C24H22BrClN2S. The van der Waals surface area contributed by atoms with Crippen molar-refractivity contribution in [3.63, 3.8) is 0 Å². The van der Waals surface area contributed by atoms with Crippen molar-refractivity contribution in [2.45, 2.75) is 19.9 Å². The van der Waals surface area contributed by atoms with E-state index >= 15 is 0 Å². The second kappa shape index (κ2) is 10.1. The molecule has 1 heterocycles. The quantitative estimate of drug-likeness (QED) is 0.284. The van der Waals surface area contributed by atoms with Gasteiger partial charge < -0.3 is 4.57 Å². The van der Waals surface area contributed by atoms with E-state index in [1.165, 1.54) is 16.8 Å². The second-order valence-electron chi connectivity index (χ2n) is 6.75. The van der Waals surface area contributed by atoms with Crippen LogP contribution in [0.1, 0.15) is 11.1 Å². The zero-order valence-corrected chi connectivity index (χ0v) is 19.4. The molecule has 0 saturated carbocycles. The predicted molar refractivity (Wildman–Crippen MR) is 130 cm³/mol. The van der Waals surface area contributed by atoms with Gasteiger partial charge in [-0.1, -0.05) is 66.2 Å². The topological polar surface area (TPSA) is 17.3 Å². The summed E-state index contributed by atoms with van der Waals surface area (Å²) in [5.41, 5.74) is 5.85. The molecule has 0 atom stereocenters. The van der Waals surface area contributed by atoms with Gasteiger partial charge >= 0.3 is 0 Å². The third-order valence-corrected chi connectivity index (χ3v) is 5.75. The van der Waals surface area contributed by atoms with Gasteiger partial charge in [-0.25, -0.2) is 4.99 Å². The minimum atomic E-state index is 0. The Hall–Kier alpha value is -2.14. The third kappa shape index (κ3) is 5.47. The van der Waals surface area contributed by atoms with E-state index in [2.05, 4.69) is 83.6 Å². The lowest BCUT2D eigenvalue weighted by Gasteiger charge is -2.10. The highest BCUT2D eigenvalue weighted by Crippen LogP contribution is 2.23. The van der Waals surface area contributed by atoms with Crippen LogP contribution in [0.3, 0.4) is 0 Å². The highest BCUT2D eigenvalue weighted by Gasteiger charge is 2.09. The number of aryl methyl sites for hydroxylation is 2. The summed E-state index contributed by atoms with van der Waals surface area (Å²) in [6, 6.07) is 26.9. The molecule has 0 radical (unpaired) electrons. The number of thiazole rings is 1. The predicted octanol–water partition coefficient (Wildman–Crippen LogP) is 7.23. The van der Waals surface area contributed by atoms with E-state index in [9.17, 15) is 0 Å². The molecule has 3 aromatic carbocycles. The van der Waals surface area contributed by atoms with E-state index in [0.29, 0.717) is 0 Å². The van der Waals surface area contributed by atoms with E-state index in [1.54, 1.807) is 11.3 Å². The third-order valence-electron chi connectivity index (χ3n) is 4.63. The van der Waals surface area contributed by atoms with Crippen molar-refractivity contribution >= 4 is 45.6 Å². The van der Waals surface area contributed by atoms with Gasteiger partial charge in [-0.05, 0) is 54.3 Å². The molecule has 0 aliphatic heterocycles. The van der Waals surface area contributed by atoms with Crippen molar-refractivity contribution in [3.05, 3.63) is 105 Å². The van der Waals surface area contributed by atoms with Crippen molar-refractivity contribution in [2.75, 3.05) is 0 Å². The van der Waals surface area contributed by atoms with Crippen molar-refractivity contribution in [1.29, 1.82) is 0 Å². The summed E-state index contributed by atoms with van der Waals surface area (Å²) in [4.78, 5) is 5.94. The Morgan fingerprint density at radius 2 is 1.69 bits per heavy atom. The number of nitrogens with zero attached hydrogens (tertiary/aromatic N) is 2. The van der Waals surface area contributed by atoms with E-state index in [-0.39, 0.29) is 17.0 Å². The van der Waals surface area contributed by atoms with Crippen molar-refractivity contribution < 1.29 is 0 Å². The Labute approximate surface area is 190 Å². The largest absolute Gasteiger partial charge is 0.316 e. The van der Waals surface area contributed by atoms with E-state index in [1.807, 2.05) is 12.1 Å². The monoisotopic (exact) mass is 484 g/mol. The molecule has 5 heteroatoms. The van der Waals surface area contributed by atoms with Gasteiger partial charge in [-0.3, -0.25) is 0 Å². The zero-order valence-electron chi connectivity index (χ0n) is 16.1. The van der Waals surface area contributed by atoms with Crippen LogP contribution in [0.25, 0.3) is 11.3 Å². The molecule has 0 N–H and O–H groups in total. The normalized spacial score (nSPS) is 11.3. The van der Waals surface area contributed by atoms with E-state index in [0.717, 1.165) is 34.0 Å². The molecule has 0 unspecified atom stereocenters. The first-order valence-corrected chi connectivity index (χ1v) is 10.5. The molecule has 4 aromatic rings. The molecule has 2 nitrogen and oxygen atoms in total. The van der Waals surface area contributed by atoms with Gasteiger partial charge in [0, 0.05) is 16.9 Å². The fourth-order valence-electron chi connectivity index (χ4n) is 3.18. The maximum Gasteiger partial charge on any atom is 0.190 e. The summed E-state index contributed by atoms with van der Waals surface area (Å²) < 4.78 is 2.31. The smallest absolute Gasteiger partial charge is 0.190 e. The molecular weight excluding hydrogens is 464 g/mol. The first-order valence-electron chi connectivity index (χ1n) is 9.29. The van der Waals surface area contributed by atoms with Crippen LogP contribution in [0.5, 0.6) is 0 Å². The second-order valence-corrected chi connectivity index (χ2v) is 8.02. The molecule has 0 aliphatic rings. The number of rotatable bonds is 5. The van der Waals surface area contributed by atoms with Crippen LogP contribution in [-0.2, 0) is 13.0 Å². The lowest BCUT2D eigenvalue weighted by atomic mass is 10.1. The van der Waals surface area contributed by atoms with Crippen LogP contribution >= 0.6 is 39.9 Å². The van der Waals surface area contributed by atoms with Gasteiger partial charge in [0.25, 0.3) is 0 Å². The number of hydrogen-bond donors (Lipinski definition) is 0. The van der Waals surface area contributed by atoms with Crippen molar-refractivity contribution in [1.82, 2.24) is 4.57 Å². The Balaban J connectivity index is 0.00000240. The molecule has 1 aromatic heterocycles. The zero-order chi connectivity index (χ0) is 19.3. The molecule has 0 bridgehead atoms. The van der Waals surface area contributed by atoms with E-state index in [4.69, 9.17) is 16.6 Å². The summed E-state index contributed by atoms with van der Waals surface area (Å²) in [6.45, 7) is 2.96. The van der Waals surface area contributed by atoms with Gasteiger partial charge in [-0.2, -0.15) is 0 Å². The highest BCUT2D eigenvalue weighted by molar-refractivity contribution is 8.93. The standard InChI is InChI=1S/C24H21ClN2S.BrH/c1-18-6-5-9-22(16-18)26-24-27(15-14-19-7-3-2-4-8-19)23(17-28-24)20-10-12-21(25)13-11-20;/h2-13,16-17H,14-15H2,1H3;1H. The molecule has 0 saturated heterocycles. The number of aromatic nitrogens is 1. The molecule has 0 amide bonds.